The topological polar surface area (TPSA) is 60.0 Å². The molecule has 22 heavy (non-hydrogen) atoms. The summed E-state index contributed by atoms with van der Waals surface area (Å²) in [5.41, 5.74) is 1.02. The molecule has 0 atom stereocenters. The minimum Gasteiger partial charge on any atom is -0.494 e. The second kappa shape index (κ2) is 10.9. The van der Waals surface area contributed by atoms with Gasteiger partial charge in [0.2, 0.25) is 0 Å². The average Bonchev–Trinajstić information content (AvgIpc) is 2.54. The van der Waals surface area contributed by atoms with Crippen LogP contribution in [0.25, 0.3) is 0 Å². The fourth-order valence-corrected chi connectivity index (χ4v) is 1.88. The van der Waals surface area contributed by atoms with E-state index in [2.05, 4.69) is 5.32 Å². The summed E-state index contributed by atoms with van der Waals surface area (Å²) < 4.78 is 15.4. The first-order valence-corrected chi connectivity index (χ1v) is 7.43. The molecule has 1 aromatic carbocycles. The Morgan fingerprint density at radius 1 is 1.09 bits per heavy atom. The molecule has 0 aliphatic rings. The molecule has 0 fully saturated rings. The number of hydrogen-bond donors (Lipinski definition) is 1. The molecule has 0 aromatic heterocycles. The van der Waals surface area contributed by atoms with Crippen molar-refractivity contribution in [1.82, 2.24) is 10.2 Å². The van der Waals surface area contributed by atoms with Crippen molar-refractivity contribution in [2.24, 2.45) is 0 Å². The van der Waals surface area contributed by atoms with Gasteiger partial charge in [-0.05, 0) is 24.6 Å². The first-order valence-electron chi connectivity index (χ1n) is 7.43. The van der Waals surface area contributed by atoms with Gasteiger partial charge in [-0.2, -0.15) is 0 Å². The minimum atomic E-state index is -0.122. The van der Waals surface area contributed by atoms with Crippen molar-refractivity contribution in [3.63, 3.8) is 0 Å². The molecular weight excluding hydrogens is 284 g/mol. The molecule has 0 unspecified atom stereocenters. The summed E-state index contributed by atoms with van der Waals surface area (Å²) in [5.74, 6) is 0.833. The van der Waals surface area contributed by atoms with E-state index in [0.29, 0.717) is 39.5 Å². The number of carbonyl (C=O) groups is 1. The Bertz CT molecular complexity index is 415. The maximum absolute atomic E-state index is 12.2. The summed E-state index contributed by atoms with van der Waals surface area (Å²) in [6, 6.07) is 7.57. The van der Waals surface area contributed by atoms with E-state index in [0.717, 1.165) is 11.3 Å². The van der Waals surface area contributed by atoms with Gasteiger partial charge in [0.25, 0.3) is 0 Å². The lowest BCUT2D eigenvalue weighted by Crippen LogP contribution is -2.43. The Morgan fingerprint density at radius 2 is 1.68 bits per heavy atom. The molecule has 6 heteroatoms. The highest BCUT2D eigenvalue weighted by molar-refractivity contribution is 5.74. The second-order valence-electron chi connectivity index (χ2n) is 4.71. The van der Waals surface area contributed by atoms with Gasteiger partial charge in [0.1, 0.15) is 5.75 Å². The number of benzene rings is 1. The zero-order chi connectivity index (χ0) is 16.2. The highest BCUT2D eigenvalue weighted by Crippen LogP contribution is 2.11. The molecule has 0 saturated carbocycles. The number of rotatable bonds is 10. The molecule has 0 spiro atoms. The average molecular weight is 310 g/mol. The summed E-state index contributed by atoms with van der Waals surface area (Å²) >= 11 is 0. The van der Waals surface area contributed by atoms with Crippen LogP contribution < -0.4 is 10.1 Å². The normalized spacial score (nSPS) is 10.3. The smallest absolute Gasteiger partial charge is 0.317 e. The first kappa shape index (κ1) is 18.3. The number of methoxy groups -OCH3 is 2. The van der Waals surface area contributed by atoms with Crippen LogP contribution in [0.3, 0.4) is 0 Å². The molecule has 0 saturated heterocycles. The molecule has 0 radical (unpaired) electrons. The third-order valence-electron chi connectivity index (χ3n) is 3.10. The third-order valence-corrected chi connectivity index (χ3v) is 3.10. The Hall–Kier alpha value is -1.79. The van der Waals surface area contributed by atoms with Gasteiger partial charge in [-0.3, -0.25) is 0 Å². The SMILES string of the molecule is CCOc1ccc(CNC(=O)N(CCOC)CCOC)cc1. The summed E-state index contributed by atoms with van der Waals surface area (Å²) in [6.45, 7) is 5.14. The van der Waals surface area contributed by atoms with Crippen molar-refractivity contribution in [3.05, 3.63) is 29.8 Å². The van der Waals surface area contributed by atoms with E-state index in [1.165, 1.54) is 0 Å². The van der Waals surface area contributed by atoms with E-state index in [1.807, 2.05) is 31.2 Å². The van der Waals surface area contributed by atoms with Gasteiger partial charge in [0.05, 0.1) is 19.8 Å². The van der Waals surface area contributed by atoms with Crippen LogP contribution in [-0.4, -0.2) is 58.1 Å². The largest absolute Gasteiger partial charge is 0.494 e. The monoisotopic (exact) mass is 310 g/mol. The predicted molar refractivity (Wildman–Crippen MR) is 85.2 cm³/mol. The molecule has 2 amide bonds. The van der Waals surface area contributed by atoms with Crippen molar-refractivity contribution in [3.8, 4) is 5.75 Å². The Morgan fingerprint density at radius 3 is 2.18 bits per heavy atom. The molecule has 1 aromatic rings. The maximum Gasteiger partial charge on any atom is 0.317 e. The summed E-state index contributed by atoms with van der Waals surface area (Å²) in [4.78, 5) is 13.9. The number of amides is 2. The molecule has 0 heterocycles. The zero-order valence-electron chi connectivity index (χ0n) is 13.6. The van der Waals surface area contributed by atoms with Crippen LogP contribution in [0.5, 0.6) is 5.75 Å². The lowest BCUT2D eigenvalue weighted by atomic mass is 10.2. The van der Waals surface area contributed by atoms with Crippen molar-refractivity contribution in [2.75, 3.05) is 47.1 Å². The fourth-order valence-electron chi connectivity index (χ4n) is 1.88. The second-order valence-corrected chi connectivity index (χ2v) is 4.71. The Labute approximate surface area is 132 Å². The van der Waals surface area contributed by atoms with Crippen LogP contribution in [0.1, 0.15) is 12.5 Å². The molecule has 0 aliphatic carbocycles. The molecule has 1 N–H and O–H groups in total. The first-order chi connectivity index (χ1) is 10.7. The standard InChI is InChI=1S/C16H26N2O4/c1-4-22-15-7-5-14(6-8-15)13-17-16(19)18(9-11-20-2)10-12-21-3/h5-8H,4,9-13H2,1-3H3,(H,17,19). The molecule has 0 bridgehead atoms. The van der Waals surface area contributed by atoms with Gasteiger partial charge in [-0.25, -0.2) is 4.79 Å². The Balaban J connectivity index is 2.46. The van der Waals surface area contributed by atoms with Gasteiger partial charge in [-0.15, -0.1) is 0 Å². The van der Waals surface area contributed by atoms with Gasteiger partial charge < -0.3 is 24.4 Å². The number of nitrogens with zero attached hydrogens (tertiary/aromatic N) is 1. The van der Waals surface area contributed by atoms with Gasteiger partial charge in [0, 0.05) is 33.9 Å². The fraction of sp³-hybridized carbons (Fsp3) is 0.562. The minimum absolute atomic E-state index is 0.122. The highest BCUT2D eigenvalue weighted by atomic mass is 16.5. The number of urea groups is 1. The lowest BCUT2D eigenvalue weighted by Gasteiger charge is -2.22. The van der Waals surface area contributed by atoms with Crippen LogP contribution in [-0.2, 0) is 16.0 Å². The lowest BCUT2D eigenvalue weighted by molar-refractivity contribution is 0.122. The number of hydrogen-bond acceptors (Lipinski definition) is 4. The van der Waals surface area contributed by atoms with Crippen LogP contribution >= 0.6 is 0 Å². The van der Waals surface area contributed by atoms with Crippen molar-refractivity contribution < 1.29 is 19.0 Å². The number of nitrogens with one attached hydrogen (secondary N) is 1. The van der Waals surface area contributed by atoms with Crippen molar-refractivity contribution in [2.45, 2.75) is 13.5 Å². The summed E-state index contributed by atoms with van der Waals surface area (Å²) in [5, 5.41) is 2.90. The molecular formula is C16H26N2O4. The van der Waals surface area contributed by atoms with Crippen LogP contribution in [0.15, 0.2) is 24.3 Å². The van der Waals surface area contributed by atoms with E-state index in [1.54, 1.807) is 19.1 Å². The quantitative estimate of drug-likeness (QED) is 0.717. The molecule has 0 aliphatic heterocycles. The third kappa shape index (κ3) is 6.78. The van der Waals surface area contributed by atoms with Crippen LogP contribution in [0.4, 0.5) is 4.79 Å². The Kier molecular flexibility index (Phi) is 9.02. The summed E-state index contributed by atoms with van der Waals surface area (Å²) in [7, 11) is 3.23. The van der Waals surface area contributed by atoms with Crippen LogP contribution in [0, 0.1) is 0 Å². The van der Waals surface area contributed by atoms with Gasteiger partial charge in [0.15, 0.2) is 0 Å². The number of carbonyl (C=O) groups excluding carboxylic acids is 1. The predicted octanol–water partition coefficient (Wildman–Crippen LogP) is 1.89. The van der Waals surface area contributed by atoms with E-state index < -0.39 is 0 Å². The zero-order valence-corrected chi connectivity index (χ0v) is 13.6. The van der Waals surface area contributed by atoms with Crippen LogP contribution in [0.2, 0.25) is 0 Å². The maximum atomic E-state index is 12.2. The van der Waals surface area contributed by atoms with E-state index >= 15 is 0 Å². The van der Waals surface area contributed by atoms with E-state index in [9.17, 15) is 4.79 Å². The summed E-state index contributed by atoms with van der Waals surface area (Å²) in [6.07, 6.45) is 0. The number of ether oxygens (including phenoxy) is 3. The highest BCUT2D eigenvalue weighted by Gasteiger charge is 2.12. The molecule has 1 rings (SSSR count). The van der Waals surface area contributed by atoms with Crippen molar-refractivity contribution >= 4 is 6.03 Å². The molecule has 6 nitrogen and oxygen atoms in total. The van der Waals surface area contributed by atoms with Gasteiger partial charge >= 0.3 is 6.03 Å². The van der Waals surface area contributed by atoms with Gasteiger partial charge in [-0.1, -0.05) is 12.1 Å². The van der Waals surface area contributed by atoms with E-state index in [-0.39, 0.29) is 6.03 Å². The molecule has 124 valence electrons. The van der Waals surface area contributed by atoms with E-state index in [4.69, 9.17) is 14.2 Å². The van der Waals surface area contributed by atoms with Crippen molar-refractivity contribution in [1.29, 1.82) is 0 Å².